The normalized spacial score (nSPS) is 32.7. The van der Waals surface area contributed by atoms with E-state index in [1.165, 1.54) is 5.47 Å². The second kappa shape index (κ2) is 3.86. The summed E-state index contributed by atoms with van der Waals surface area (Å²) in [5.41, 5.74) is 0.823. The van der Waals surface area contributed by atoms with Crippen LogP contribution in [-0.4, -0.2) is 30.9 Å². The topological polar surface area (TPSA) is 30.5 Å². The molecule has 1 fully saturated rings. The third kappa shape index (κ3) is 2.06. The standard InChI is InChI=1S/C12H22BNO2/c1-9-8-10(6-7-14-9)13-15-11(2,3)12(4,5)16-13/h6,9,14H,7-8H2,1-5H3. The molecular formula is C12H22BNO2. The van der Waals surface area contributed by atoms with Gasteiger partial charge in [0, 0.05) is 12.6 Å². The molecule has 4 heteroatoms. The van der Waals surface area contributed by atoms with E-state index in [0.717, 1.165) is 13.0 Å². The monoisotopic (exact) mass is 223 g/mol. The van der Waals surface area contributed by atoms with Crippen molar-refractivity contribution in [3.63, 3.8) is 0 Å². The molecule has 1 N–H and O–H groups in total. The van der Waals surface area contributed by atoms with Crippen LogP contribution in [0.4, 0.5) is 0 Å². The molecule has 0 radical (unpaired) electrons. The maximum atomic E-state index is 6.03. The van der Waals surface area contributed by atoms with E-state index in [1.807, 2.05) is 0 Å². The molecule has 0 aliphatic carbocycles. The van der Waals surface area contributed by atoms with E-state index in [9.17, 15) is 0 Å². The van der Waals surface area contributed by atoms with Crippen LogP contribution >= 0.6 is 0 Å². The first kappa shape index (κ1) is 12.2. The minimum Gasteiger partial charge on any atom is -0.400 e. The highest BCUT2D eigenvalue weighted by atomic mass is 16.7. The van der Waals surface area contributed by atoms with Crippen LogP contribution < -0.4 is 5.32 Å². The lowest BCUT2D eigenvalue weighted by Gasteiger charge is -2.32. The second-order valence-electron chi connectivity index (χ2n) is 5.88. The van der Waals surface area contributed by atoms with Gasteiger partial charge in [0.25, 0.3) is 0 Å². The highest BCUT2D eigenvalue weighted by molar-refractivity contribution is 6.54. The number of hydrogen-bond donors (Lipinski definition) is 1. The van der Waals surface area contributed by atoms with Gasteiger partial charge in [0.2, 0.25) is 0 Å². The third-order valence-corrected chi connectivity index (χ3v) is 3.93. The molecule has 2 aliphatic rings. The van der Waals surface area contributed by atoms with E-state index < -0.39 is 0 Å². The van der Waals surface area contributed by atoms with Crippen LogP contribution in [0.15, 0.2) is 11.5 Å². The van der Waals surface area contributed by atoms with Gasteiger partial charge in [0.05, 0.1) is 11.2 Å². The van der Waals surface area contributed by atoms with Crippen LogP contribution in [0.25, 0.3) is 0 Å². The van der Waals surface area contributed by atoms with Crippen LogP contribution in [0.3, 0.4) is 0 Å². The van der Waals surface area contributed by atoms with Gasteiger partial charge in [-0.25, -0.2) is 0 Å². The summed E-state index contributed by atoms with van der Waals surface area (Å²) in [5, 5.41) is 3.39. The average Bonchev–Trinajstić information content (AvgIpc) is 2.36. The summed E-state index contributed by atoms with van der Waals surface area (Å²) in [6, 6.07) is 0.513. The zero-order valence-corrected chi connectivity index (χ0v) is 11.0. The van der Waals surface area contributed by atoms with Crippen LogP contribution in [-0.2, 0) is 9.31 Å². The van der Waals surface area contributed by atoms with Gasteiger partial charge < -0.3 is 14.6 Å². The molecule has 0 aromatic rings. The van der Waals surface area contributed by atoms with E-state index in [2.05, 4.69) is 46.0 Å². The molecule has 0 aromatic carbocycles. The molecule has 0 spiro atoms. The van der Waals surface area contributed by atoms with E-state index >= 15 is 0 Å². The van der Waals surface area contributed by atoms with Crippen molar-refractivity contribution in [2.24, 2.45) is 0 Å². The number of rotatable bonds is 1. The molecule has 0 bridgehead atoms. The molecule has 90 valence electrons. The van der Waals surface area contributed by atoms with Gasteiger partial charge >= 0.3 is 7.12 Å². The maximum Gasteiger partial charge on any atom is 0.490 e. The van der Waals surface area contributed by atoms with E-state index in [4.69, 9.17) is 9.31 Å². The van der Waals surface area contributed by atoms with Gasteiger partial charge in [0.1, 0.15) is 0 Å². The summed E-state index contributed by atoms with van der Waals surface area (Å²) >= 11 is 0. The van der Waals surface area contributed by atoms with Crippen LogP contribution in [0.1, 0.15) is 41.0 Å². The van der Waals surface area contributed by atoms with Crippen molar-refractivity contribution in [2.75, 3.05) is 6.54 Å². The molecule has 0 saturated carbocycles. The molecule has 2 rings (SSSR count). The lowest BCUT2D eigenvalue weighted by Crippen LogP contribution is -2.41. The van der Waals surface area contributed by atoms with Crippen molar-refractivity contribution in [1.29, 1.82) is 0 Å². The van der Waals surface area contributed by atoms with Crippen molar-refractivity contribution in [3.05, 3.63) is 11.5 Å². The minimum atomic E-state index is -0.230. The van der Waals surface area contributed by atoms with Gasteiger partial charge in [-0.05, 0) is 46.5 Å². The Hall–Kier alpha value is -0.315. The molecule has 2 heterocycles. The molecule has 16 heavy (non-hydrogen) atoms. The average molecular weight is 223 g/mol. The fourth-order valence-electron chi connectivity index (χ4n) is 2.09. The van der Waals surface area contributed by atoms with Gasteiger partial charge in [-0.15, -0.1) is 0 Å². The van der Waals surface area contributed by atoms with Gasteiger partial charge in [-0.2, -0.15) is 0 Å². The first-order valence-corrected chi connectivity index (χ1v) is 6.10. The highest BCUT2D eigenvalue weighted by Gasteiger charge is 2.52. The zero-order chi connectivity index (χ0) is 12.0. The summed E-state index contributed by atoms with van der Waals surface area (Å²) in [5.74, 6) is 0. The SMILES string of the molecule is CC1CC(B2OC(C)(C)C(C)(C)O2)=CCN1. The van der Waals surface area contributed by atoms with Gasteiger partial charge in [-0.1, -0.05) is 6.08 Å². The Morgan fingerprint density at radius 3 is 2.31 bits per heavy atom. The predicted octanol–water partition coefficient (Wildman–Crippen LogP) is 1.93. The predicted molar refractivity (Wildman–Crippen MR) is 66.2 cm³/mol. The summed E-state index contributed by atoms with van der Waals surface area (Å²) < 4.78 is 12.1. The fraction of sp³-hybridized carbons (Fsp3) is 0.833. The smallest absolute Gasteiger partial charge is 0.400 e. The Labute approximate surface area is 98.7 Å². The molecule has 1 unspecified atom stereocenters. The van der Waals surface area contributed by atoms with Crippen molar-refractivity contribution in [3.8, 4) is 0 Å². The Morgan fingerprint density at radius 2 is 1.81 bits per heavy atom. The summed E-state index contributed by atoms with van der Waals surface area (Å²) in [6.07, 6.45) is 3.21. The summed E-state index contributed by atoms with van der Waals surface area (Å²) in [6.45, 7) is 11.5. The molecule has 0 amide bonds. The van der Waals surface area contributed by atoms with Crippen molar-refractivity contribution in [2.45, 2.75) is 58.3 Å². The van der Waals surface area contributed by atoms with Crippen LogP contribution in [0.5, 0.6) is 0 Å². The van der Waals surface area contributed by atoms with E-state index in [1.54, 1.807) is 0 Å². The number of nitrogens with one attached hydrogen (secondary N) is 1. The Kier molecular flexibility index (Phi) is 2.93. The fourth-order valence-corrected chi connectivity index (χ4v) is 2.09. The summed E-state index contributed by atoms with van der Waals surface area (Å²) in [7, 11) is -0.158. The molecule has 1 atom stereocenters. The molecular weight excluding hydrogens is 201 g/mol. The van der Waals surface area contributed by atoms with Crippen molar-refractivity contribution >= 4 is 7.12 Å². The van der Waals surface area contributed by atoms with Gasteiger partial charge in [0.15, 0.2) is 0 Å². The molecule has 2 aliphatic heterocycles. The largest absolute Gasteiger partial charge is 0.490 e. The van der Waals surface area contributed by atoms with E-state index in [-0.39, 0.29) is 18.3 Å². The van der Waals surface area contributed by atoms with Crippen LogP contribution in [0, 0.1) is 0 Å². The second-order valence-corrected chi connectivity index (χ2v) is 5.88. The van der Waals surface area contributed by atoms with Crippen LogP contribution in [0.2, 0.25) is 0 Å². The summed E-state index contributed by atoms with van der Waals surface area (Å²) in [4.78, 5) is 0. The first-order chi connectivity index (χ1) is 7.32. The minimum absolute atomic E-state index is 0.158. The molecule has 0 aromatic heterocycles. The quantitative estimate of drug-likeness (QED) is 0.689. The molecule has 1 saturated heterocycles. The third-order valence-electron chi connectivity index (χ3n) is 3.93. The Balaban J connectivity index is 2.11. The maximum absolute atomic E-state index is 6.03. The highest BCUT2D eigenvalue weighted by Crippen LogP contribution is 2.39. The zero-order valence-electron chi connectivity index (χ0n) is 11.0. The van der Waals surface area contributed by atoms with E-state index in [0.29, 0.717) is 6.04 Å². The van der Waals surface area contributed by atoms with Crippen molar-refractivity contribution in [1.82, 2.24) is 5.32 Å². The van der Waals surface area contributed by atoms with Gasteiger partial charge in [-0.3, -0.25) is 0 Å². The Morgan fingerprint density at radius 1 is 1.25 bits per heavy atom. The number of hydrogen-bond acceptors (Lipinski definition) is 3. The Bertz CT molecular complexity index is 296. The molecule has 3 nitrogen and oxygen atoms in total. The lowest BCUT2D eigenvalue weighted by molar-refractivity contribution is 0.00578. The first-order valence-electron chi connectivity index (χ1n) is 6.10. The lowest BCUT2D eigenvalue weighted by atomic mass is 9.73. The van der Waals surface area contributed by atoms with Crippen molar-refractivity contribution < 1.29 is 9.31 Å².